The second kappa shape index (κ2) is 4.70. The molecule has 0 unspecified atom stereocenters. The number of amides is 2. The number of nitrogens with zero attached hydrogens (tertiary/aromatic N) is 1. The topological polar surface area (TPSA) is 37.4 Å². The molecule has 0 atom stereocenters. The summed E-state index contributed by atoms with van der Waals surface area (Å²) in [6, 6.07) is -0.0324. The van der Waals surface area contributed by atoms with Gasteiger partial charge in [0.1, 0.15) is 0 Å². The van der Waals surface area contributed by atoms with E-state index in [0.29, 0.717) is 0 Å². The molecular formula is C9H17NO2. The van der Waals surface area contributed by atoms with Crippen molar-refractivity contribution < 1.29 is 9.59 Å². The average Bonchev–Trinajstić information content (AvgIpc) is 2.11. The van der Waals surface area contributed by atoms with Crippen molar-refractivity contribution in [2.24, 2.45) is 0 Å². The van der Waals surface area contributed by atoms with Crippen LogP contribution >= 0.6 is 0 Å². The summed E-state index contributed by atoms with van der Waals surface area (Å²) in [5.41, 5.74) is 0. The molecular weight excluding hydrogens is 154 g/mol. The van der Waals surface area contributed by atoms with E-state index in [-0.39, 0.29) is 32.7 Å². The van der Waals surface area contributed by atoms with Crippen LogP contribution in [0.2, 0.25) is 0 Å². The van der Waals surface area contributed by atoms with Gasteiger partial charge in [-0.05, 0) is 13.8 Å². The van der Waals surface area contributed by atoms with Gasteiger partial charge in [0.2, 0.25) is 0 Å². The summed E-state index contributed by atoms with van der Waals surface area (Å²) in [7, 11) is 0. The Balaban J connectivity index is 0. The first-order valence-electron chi connectivity index (χ1n) is 3.18. The van der Waals surface area contributed by atoms with Crippen LogP contribution in [0.1, 0.15) is 28.7 Å². The maximum atomic E-state index is 10.8. The number of hydrogen-bond donors (Lipinski definition) is 0. The van der Waals surface area contributed by atoms with Crippen molar-refractivity contribution in [3.05, 3.63) is 12.2 Å². The van der Waals surface area contributed by atoms with Crippen LogP contribution in [0.5, 0.6) is 0 Å². The molecule has 0 saturated heterocycles. The third kappa shape index (κ3) is 2.19. The number of hydrogen-bond acceptors (Lipinski definition) is 2. The third-order valence-corrected chi connectivity index (χ3v) is 1.36. The van der Waals surface area contributed by atoms with E-state index in [9.17, 15) is 9.59 Å². The number of carbonyl (C=O) groups is 2. The van der Waals surface area contributed by atoms with Crippen LogP contribution in [-0.4, -0.2) is 22.8 Å². The van der Waals surface area contributed by atoms with E-state index in [0.717, 1.165) is 0 Å². The van der Waals surface area contributed by atoms with E-state index < -0.39 is 0 Å². The van der Waals surface area contributed by atoms with Gasteiger partial charge in [-0.15, -0.1) is 0 Å². The molecule has 0 saturated carbocycles. The fourth-order valence-electron chi connectivity index (χ4n) is 0.921. The first kappa shape index (κ1) is 13.5. The highest BCUT2D eigenvalue weighted by molar-refractivity contribution is 6.13. The summed E-state index contributed by atoms with van der Waals surface area (Å²) in [6.07, 6.45) is 2.59. The van der Waals surface area contributed by atoms with Gasteiger partial charge in [-0.3, -0.25) is 14.5 Å². The molecule has 1 aliphatic heterocycles. The molecule has 3 heteroatoms. The van der Waals surface area contributed by atoms with Crippen LogP contribution in [0.25, 0.3) is 0 Å². The average molecular weight is 171 g/mol. The van der Waals surface area contributed by atoms with Gasteiger partial charge < -0.3 is 0 Å². The maximum Gasteiger partial charge on any atom is 0.253 e. The highest BCUT2D eigenvalue weighted by atomic mass is 16.2. The van der Waals surface area contributed by atoms with Crippen LogP contribution in [0.4, 0.5) is 0 Å². The first-order chi connectivity index (χ1) is 4.63. The molecule has 12 heavy (non-hydrogen) atoms. The summed E-state index contributed by atoms with van der Waals surface area (Å²) in [5.74, 6) is -0.417. The zero-order valence-electron chi connectivity index (χ0n) is 6.00. The predicted octanol–water partition coefficient (Wildman–Crippen LogP) is 1.59. The largest absolute Gasteiger partial charge is 0.273 e. The Bertz CT molecular complexity index is 189. The molecule has 1 aliphatic rings. The Morgan fingerprint density at radius 2 is 1.42 bits per heavy atom. The van der Waals surface area contributed by atoms with Crippen molar-refractivity contribution >= 4 is 11.8 Å². The van der Waals surface area contributed by atoms with Crippen molar-refractivity contribution in [1.29, 1.82) is 0 Å². The van der Waals surface area contributed by atoms with Crippen molar-refractivity contribution in [2.75, 3.05) is 0 Å². The normalized spacial score (nSPS) is 14.8. The lowest BCUT2D eigenvalue weighted by atomic mass is 10.3. The van der Waals surface area contributed by atoms with Crippen LogP contribution in [0.15, 0.2) is 12.2 Å². The SMILES string of the molecule is C.C.CC(C)N1C(=O)C=CC1=O. The second-order valence-electron chi connectivity index (χ2n) is 2.47. The molecule has 0 aromatic carbocycles. The summed E-state index contributed by atoms with van der Waals surface area (Å²) >= 11 is 0. The minimum Gasteiger partial charge on any atom is -0.273 e. The van der Waals surface area contributed by atoms with E-state index in [4.69, 9.17) is 0 Å². The molecule has 0 spiro atoms. The minimum atomic E-state index is -0.208. The molecule has 0 N–H and O–H groups in total. The lowest BCUT2D eigenvalue weighted by molar-refractivity contribution is -0.138. The zero-order valence-corrected chi connectivity index (χ0v) is 6.00. The zero-order chi connectivity index (χ0) is 7.72. The molecule has 0 aromatic heterocycles. The third-order valence-electron chi connectivity index (χ3n) is 1.36. The fourth-order valence-corrected chi connectivity index (χ4v) is 0.921. The number of imide groups is 1. The first-order valence-corrected chi connectivity index (χ1v) is 3.18. The van der Waals surface area contributed by atoms with E-state index in [1.165, 1.54) is 17.1 Å². The van der Waals surface area contributed by atoms with Crippen LogP contribution in [0, 0.1) is 0 Å². The summed E-state index contributed by atoms with van der Waals surface area (Å²) < 4.78 is 0. The van der Waals surface area contributed by atoms with Gasteiger partial charge in [0, 0.05) is 18.2 Å². The van der Waals surface area contributed by atoms with Crippen molar-refractivity contribution in [3.8, 4) is 0 Å². The fraction of sp³-hybridized carbons (Fsp3) is 0.556. The number of carbonyl (C=O) groups excluding carboxylic acids is 2. The highest BCUT2D eigenvalue weighted by Gasteiger charge is 2.25. The van der Waals surface area contributed by atoms with E-state index >= 15 is 0 Å². The van der Waals surface area contributed by atoms with Crippen LogP contribution in [0.3, 0.4) is 0 Å². The molecule has 70 valence electrons. The summed E-state index contributed by atoms with van der Waals surface area (Å²) in [5, 5.41) is 0. The Labute approximate surface area is 74.1 Å². The standard InChI is InChI=1S/C7H9NO2.2CH4/c1-5(2)8-6(9)3-4-7(8)10;;/h3-5H,1-2H3;2*1H4. The lowest BCUT2D eigenvalue weighted by Gasteiger charge is -2.17. The molecule has 0 fully saturated rings. The molecule has 2 amide bonds. The van der Waals surface area contributed by atoms with E-state index in [1.54, 1.807) is 0 Å². The van der Waals surface area contributed by atoms with Crippen molar-refractivity contribution in [2.45, 2.75) is 34.7 Å². The Kier molecular flexibility index (Phi) is 5.27. The molecule has 3 nitrogen and oxygen atoms in total. The second-order valence-corrected chi connectivity index (χ2v) is 2.47. The molecule has 1 heterocycles. The highest BCUT2D eigenvalue weighted by Crippen LogP contribution is 2.07. The smallest absolute Gasteiger partial charge is 0.253 e. The van der Waals surface area contributed by atoms with Gasteiger partial charge in [-0.2, -0.15) is 0 Å². The molecule has 1 rings (SSSR count). The van der Waals surface area contributed by atoms with Gasteiger partial charge in [0.15, 0.2) is 0 Å². The number of rotatable bonds is 1. The summed E-state index contributed by atoms with van der Waals surface area (Å²) in [6.45, 7) is 3.62. The van der Waals surface area contributed by atoms with Crippen LogP contribution in [-0.2, 0) is 9.59 Å². The van der Waals surface area contributed by atoms with E-state index in [2.05, 4.69) is 0 Å². The molecule has 0 radical (unpaired) electrons. The molecule has 0 aliphatic carbocycles. The lowest BCUT2D eigenvalue weighted by Crippen LogP contribution is -2.36. The van der Waals surface area contributed by atoms with Crippen molar-refractivity contribution in [3.63, 3.8) is 0 Å². The van der Waals surface area contributed by atoms with E-state index in [1.807, 2.05) is 13.8 Å². The minimum absolute atomic E-state index is 0. The molecule has 0 bridgehead atoms. The van der Waals surface area contributed by atoms with Gasteiger partial charge in [-0.1, -0.05) is 14.9 Å². The quantitative estimate of drug-likeness (QED) is 0.562. The summed E-state index contributed by atoms with van der Waals surface area (Å²) in [4.78, 5) is 22.9. The maximum absolute atomic E-state index is 10.8. The Morgan fingerprint density at radius 1 is 1.08 bits per heavy atom. The van der Waals surface area contributed by atoms with Crippen molar-refractivity contribution in [1.82, 2.24) is 4.90 Å². The van der Waals surface area contributed by atoms with Gasteiger partial charge in [0.25, 0.3) is 11.8 Å². The molecule has 0 aromatic rings. The van der Waals surface area contributed by atoms with Gasteiger partial charge in [-0.25, -0.2) is 0 Å². The van der Waals surface area contributed by atoms with Gasteiger partial charge >= 0.3 is 0 Å². The predicted molar refractivity (Wildman–Crippen MR) is 49.6 cm³/mol. The van der Waals surface area contributed by atoms with Crippen LogP contribution < -0.4 is 0 Å². The monoisotopic (exact) mass is 171 g/mol. The van der Waals surface area contributed by atoms with Gasteiger partial charge in [0.05, 0.1) is 0 Å². The Hall–Kier alpha value is -1.12. The Morgan fingerprint density at radius 3 is 1.58 bits per heavy atom.